The lowest BCUT2D eigenvalue weighted by Crippen LogP contribution is -2.03. The maximum absolute atomic E-state index is 13.8. The van der Waals surface area contributed by atoms with Crippen molar-refractivity contribution in [3.05, 3.63) is 70.1 Å². The Morgan fingerprint density at radius 2 is 1.75 bits per heavy atom. The number of aryl methyl sites for hydroxylation is 2. The molecule has 0 aliphatic heterocycles. The van der Waals surface area contributed by atoms with E-state index in [1.165, 1.54) is 6.07 Å². The fraction of sp³-hybridized carbons (Fsp3) is 0.111. The van der Waals surface area contributed by atoms with Crippen molar-refractivity contribution in [2.45, 2.75) is 13.8 Å². The standard InChI is InChI=1S/C18H16BrFN4/c1-11-7-8-13(10-14(11)19)22-18-21-12(2)9-17(24-18)23-16-6-4-3-5-15(16)20/h3-10H,1-2H3,(H2,21,22,23,24). The van der Waals surface area contributed by atoms with Gasteiger partial charge in [0.2, 0.25) is 5.95 Å². The third-order valence-corrected chi connectivity index (χ3v) is 4.27. The Kier molecular flexibility index (Phi) is 4.76. The molecule has 0 bridgehead atoms. The lowest BCUT2D eigenvalue weighted by Gasteiger charge is -2.11. The van der Waals surface area contributed by atoms with Gasteiger partial charge < -0.3 is 10.6 Å². The third-order valence-electron chi connectivity index (χ3n) is 3.42. The van der Waals surface area contributed by atoms with Gasteiger partial charge in [0.1, 0.15) is 11.6 Å². The van der Waals surface area contributed by atoms with Gasteiger partial charge in [-0.3, -0.25) is 0 Å². The van der Waals surface area contributed by atoms with E-state index in [1.54, 1.807) is 24.3 Å². The molecule has 0 spiro atoms. The SMILES string of the molecule is Cc1cc(Nc2ccccc2F)nc(Nc2ccc(C)c(Br)c2)n1. The highest BCUT2D eigenvalue weighted by Gasteiger charge is 2.06. The summed E-state index contributed by atoms with van der Waals surface area (Å²) in [6.07, 6.45) is 0. The Morgan fingerprint density at radius 3 is 2.50 bits per heavy atom. The molecule has 1 heterocycles. The van der Waals surface area contributed by atoms with Crippen LogP contribution in [0.25, 0.3) is 0 Å². The maximum atomic E-state index is 13.8. The van der Waals surface area contributed by atoms with Crippen LogP contribution >= 0.6 is 15.9 Å². The lowest BCUT2D eigenvalue weighted by atomic mass is 10.2. The molecule has 3 aromatic rings. The molecule has 122 valence electrons. The summed E-state index contributed by atoms with van der Waals surface area (Å²) in [5.41, 5.74) is 3.17. The molecule has 4 nitrogen and oxygen atoms in total. The number of nitrogens with one attached hydrogen (secondary N) is 2. The van der Waals surface area contributed by atoms with Gasteiger partial charge in [-0.1, -0.05) is 34.1 Å². The average Bonchev–Trinajstić information content (AvgIpc) is 2.53. The molecule has 3 rings (SSSR count). The fourth-order valence-corrected chi connectivity index (χ4v) is 2.57. The molecule has 0 fully saturated rings. The summed E-state index contributed by atoms with van der Waals surface area (Å²) in [7, 11) is 0. The van der Waals surface area contributed by atoms with Crippen LogP contribution in [0.3, 0.4) is 0 Å². The summed E-state index contributed by atoms with van der Waals surface area (Å²) in [6.45, 7) is 3.89. The minimum atomic E-state index is -0.328. The number of halogens is 2. The highest BCUT2D eigenvalue weighted by atomic mass is 79.9. The molecule has 1 aromatic heterocycles. The normalized spacial score (nSPS) is 10.5. The van der Waals surface area contributed by atoms with Crippen molar-refractivity contribution < 1.29 is 4.39 Å². The molecule has 0 radical (unpaired) electrons. The summed E-state index contributed by atoms with van der Waals surface area (Å²) in [5, 5.41) is 6.15. The maximum Gasteiger partial charge on any atom is 0.229 e. The lowest BCUT2D eigenvalue weighted by molar-refractivity contribution is 0.632. The Hall–Kier alpha value is -2.47. The number of hydrogen-bond donors (Lipinski definition) is 2. The van der Waals surface area contributed by atoms with Crippen LogP contribution in [0.15, 0.2) is 53.0 Å². The third kappa shape index (κ3) is 3.89. The van der Waals surface area contributed by atoms with Crippen LogP contribution < -0.4 is 10.6 Å². The van der Waals surface area contributed by atoms with Crippen molar-refractivity contribution in [3.8, 4) is 0 Å². The summed E-state index contributed by atoms with van der Waals surface area (Å²) in [6, 6.07) is 14.2. The second kappa shape index (κ2) is 6.97. The zero-order valence-electron chi connectivity index (χ0n) is 13.3. The van der Waals surface area contributed by atoms with E-state index in [0.29, 0.717) is 17.5 Å². The van der Waals surface area contributed by atoms with Gasteiger partial charge in [-0.05, 0) is 43.7 Å². The molecule has 0 saturated heterocycles. The van der Waals surface area contributed by atoms with E-state index < -0.39 is 0 Å². The van der Waals surface area contributed by atoms with Gasteiger partial charge in [0.05, 0.1) is 5.69 Å². The summed E-state index contributed by atoms with van der Waals surface area (Å²) < 4.78 is 14.8. The second-order valence-electron chi connectivity index (χ2n) is 5.41. The van der Waals surface area contributed by atoms with E-state index in [-0.39, 0.29) is 5.82 Å². The van der Waals surface area contributed by atoms with E-state index in [4.69, 9.17) is 0 Å². The number of benzene rings is 2. The first-order valence-electron chi connectivity index (χ1n) is 7.42. The molecular weight excluding hydrogens is 371 g/mol. The number of aromatic nitrogens is 2. The minimum absolute atomic E-state index is 0.328. The van der Waals surface area contributed by atoms with Gasteiger partial charge in [0, 0.05) is 21.9 Å². The fourth-order valence-electron chi connectivity index (χ4n) is 2.19. The van der Waals surface area contributed by atoms with E-state index in [2.05, 4.69) is 36.5 Å². The monoisotopic (exact) mass is 386 g/mol. The summed E-state index contributed by atoms with van der Waals surface area (Å²) in [4.78, 5) is 8.78. The topological polar surface area (TPSA) is 49.8 Å². The van der Waals surface area contributed by atoms with Crippen LogP contribution in [0.2, 0.25) is 0 Å². The molecule has 2 N–H and O–H groups in total. The highest BCUT2D eigenvalue weighted by molar-refractivity contribution is 9.10. The van der Waals surface area contributed by atoms with Crippen molar-refractivity contribution in [2.75, 3.05) is 10.6 Å². The zero-order valence-corrected chi connectivity index (χ0v) is 14.9. The quantitative estimate of drug-likeness (QED) is 0.622. The predicted molar refractivity (Wildman–Crippen MR) is 98.6 cm³/mol. The van der Waals surface area contributed by atoms with Gasteiger partial charge in [-0.2, -0.15) is 4.98 Å². The van der Waals surface area contributed by atoms with Gasteiger partial charge in [0.15, 0.2) is 0 Å². The van der Waals surface area contributed by atoms with Gasteiger partial charge in [-0.15, -0.1) is 0 Å². The number of rotatable bonds is 4. The van der Waals surface area contributed by atoms with Crippen molar-refractivity contribution in [2.24, 2.45) is 0 Å². The van der Waals surface area contributed by atoms with Crippen molar-refractivity contribution in [3.63, 3.8) is 0 Å². The molecular formula is C18H16BrFN4. The molecule has 0 amide bonds. The van der Waals surface area contributed by atoms with Crippen LogP contribution in [-0.4, -0.2) is 9.97 Å². The molecule has 0 atom stereocenters. The van der Waals surface area contributed by atoms with Crippen molar-refractivity contribution >= 4 is 39.1 Å². The largest absolute Gasteiger partial charge is 0.338 e. The Labute approximate surface area is 148 Å². The number of anilines is 4. The highest BCUT2D eigenvalue weighted by Crippen LogP contribution is 2.24. The van der Waals surface area contributed by atoms with E-state index in [9.17, 15) is 4.39 Å². The molecule has 24 heavy (non-hydrogen) atoms. The van der Waals surface area contributed by atoms with Crippen molar-refractivity contribution in [1.82, 2.24) is 9.97 Å². The number of hydrogen-bond acceptors (Lipinski definition) is 4. The van der Waals surface area contributed by atoms with Gasteiger partial charge >= 0.3 is 0 Å². The zero-order chi connectivity index (χ0) is 17.1. The van der Waals surface area contributed by atoms with Crippen molar-refractivity contribution in [1.29, 1.82) is 0 Å². The molecule has 0 aliphatic rings. The van der Waals surface area contributed by atoms with Crippen LogP contribution in [0, 0.1) is 19.7 Å². The first-order chi connectivity index (χ1) is 11.5. The first-order valence-corrected chi connectivity index (χ1v) is 8.21. The second-order valence-corrected chi connectivity index (χ2v) is 6.27. The van der Waals surface area contributed by atoms with E-state index in [1.807, 2.05) is 32.0 Å². The predicted octanol–water partition coefficient (Wildman–Crippen LogP) is 5.48. The molecule has 2 aromatic carbocycles. The summed E-state index contributed by atoms with van der Waals surface area (Å²) in [5.74, 6) is 0.650. The number of para-hydroxylation sites is 1. The van der Waals surface area contributed by atoms with Gasteiger partial charge in [0.25, 0.3) is 0 Å². The molecule has 0 unspecified atom stereocenters. The van der Waals surface area contributed by atoms with E-state index in [0.717, 1.165) is 21.4 Å². The van der Waals surface area contributed by atoms with Crippen LogP contribution in [0.5, 0.6) is 0 Å². The van der Waals surface area contributed by atoms with Crippen LogP contribution in [-0.2, 0) is 0 Å². The van der Waals surface area contributed by atoms with Gasteiger partial charge in [-0.25, -0.2) is 9.37 Å². The Balaban J connectivity index is 1.86. The minimum Gasteiger partial charge on any atom is -0.338 e. The molecule has 6 heteroatoms. The first kappa shape index (κ1) is 16.4. The molecule has 0 saturated carbocycles. The number of nitrogens with zero attached hydrogens (tertiary/aromatic N) is 2. The van der Waals surface area contributed by atoms with E-state index >= 15 is 0 Å². The van der Waals surface area contributed by atoms with Crippen LogP contribution in [0.4, 0.5) is 27.5 Å². The van der Waals surface area contributed by atoms with Crippen LogP contribution in [0.1, 0.15) is 11.3 Å². The average molecular weight is 387 g/mol. The summed E-state index contributed by atoms with van der Waals surface area (Å²) >= 11 is 3.51. The Morgan fingerprint density at radius 1 is 0.958 bits per heavy atom. The Bertz CT molecular complexity index is 883. The molecule has 0 aliphatic carbocycles. The smallest absolute Gasteiger partial charge is 0.229 e.